The highest BCUT2D eigenvalue weighted by Crippen LogP contribution is 2.42. The van der Waals surface area contributed by atoms with Gasteiger partial charge in [-0.15, -0.1) is 0 Å². The lowest BCUT2D eigenvalue weighted by molar-refractivity contribution is -0.123. The Kier molecular flexibility index (Phi) is 5.51. The number of carbonyl (C=O) groups is 2. The van der Waals surface area contributed by atoms with Crippen molar-refractivity contribution >= 4 is 23.4 Å². The average Bonchev–Trinajstić information content (AvgIpc) is 3.22. The molecule has 1 aromatic carbocycles. The van der Waals surface area contributed by atoms with Crippen molar-refractivity contribution in [2.45, 2.75) is 38.3 Å². The molecule has 0 aliphatic carbocycles. The van der Waals surface area contributed by atoms with Gasteiger partial charge in [0.25, 0.3) is 0 Å². The molecule has 8 nitrogen and oxygen atoms in total. The molecule has 1 N–H and O–H groups in total. The van der Waals surface area contributed by atoms with Gasteiger partial charge in [-0.3, -0.25) is 14.7 Å². The summed E-state index contributed by atoms with van der Waals surface area (Å²) < 4.78 is 29.0. The molecule has 2 aromatic heterocycles. The second-order valence-corrected chi connectivity index (χ2v) is 8.83. The number of pyridine rings is 1. The van der Waals surface area contributed by atoms with Crippen molar-refractivity contribution in [1.82, 2.24) is 19.7 Å². The van der Waals surface area contributed by atoms with E-state index in [1.54, 1.807) is 22.2 Å². The number of nitrogens with zero attached hydrogens (tertiary/aromatic N) is 5. The largest absolute Gasteiger partial charge is 0.324 e. The van der Waals surface area contributed by atoms with Crippen molar-refractivity contribution in [3.8, 4) is 0 Å². The fraction of sp³-hybridized carbons (Fsp3) is 0.333. The van der Waals surface area contributed by atoms with Crippen LogP contribution in [0.1, 0.15) is 30.5 Å². The maximum absolute atomic E-state index is 13.9. The van der Waals surface area contributed by atoms with Gasteiger partial charge in [-0.05, 0) is 49.6 Å². The number of halogens is 2. The van der Waals surface area contributed by atoms with Crippen LogP contribution in [0.5, 0.6) is 0 Å². The van der Waals surface area contributed by atoms with E-state index in [0.717, 1.165) is 29.2 Å². The Hall–Kier alpha value is -3.82. The Bertz CT molecular complexity index is 1240. The van der Waals surface area contributed by atoms with E-state index in [4.69, 9.17) is 5.10 Å². The Morgan fingerprint density at radius 3 is 2.56 bits per heavy atom. The topological polar surface area (TPSA) is 83.4 Å². The lowest BCUT2D eigenvalue weighted by Crippen LogP contribution is -2.55. The fourth-order valence-corrected chi connectivity index (χ4v) is 4.75. The Labute approximate surface area is 195 Å². The van der Waals surface area contributed by atoms with E-state index in [1.807, 2.05) is 29.8 Å². The summed E-state index contributed by atoms with van der Waals surface area (Å²) in [6.07, 6.45) is 4.76. The van der Waals surface area contributed by atoms with Crippen LogP contribution in [0.15, 0.2) is 48.8 Å². The fourth-order valence-electron chi connectivity index (χ4n) is 4.75. The summed E-state index contributed by atoms with van der Waals surface area (Å²) in [4.78, 5) is 33.3. The monoisotopic (exact) mass is 466 g/mol. The minimum Gasteiger partial charge on any atom is -0.324 e. The number of nitrogens with one attached hydrogen (secondary N) is 1. The number of piperidine rings is 1. The first kappa shape index (κ1) is 22.0. The molecular formula is C24H24F2N6O2. The number of aryl methyl sites for hydroxylation is 1. The number of likely N-dealkylation sites (tertiary alicyclic amines) is 1. The number of anilines is 2. The molecule has 3 amide bonds. The quantitative estimate of drug-likeness (QED) is 0.636. The van der Waals surface area contributed by atoms with Crippen LogP contribution in [-0.2, 0) is 16.9 Å². The number of hydrogen-bond acceptors (Lipinski definition) is 4. The first-order chi connectivity index (χ1) is 16.3. The van der Waals surface area contributed by atoms with Gasteiger partial charge in [0, 0.05) is 37.6 Å². The molecule has 2 aliphatic heterocycles. The van der Waals surface area contributed by atoms with Gasteiger partial charge >= 0.3 is 6.03 Å². The third kappa shape index (κ3) is 4.00. The van der Waals surface area contributed by atoms with E-state index < -0.39 is 23.2 Å². The lowest BCUT2D eigenvalue weighted by atomic mass is 9.82. The van der Waals surface area contributed by atoms with Crippen LogP contribution in [0.4, 0.5) is 25.1 Å². The van der Waals surface area contributed by atoms with Crippen molar-refractivity contribution < 1.29 is 18.4 Å². The minimum absolute atomic E-state index is 0.00972. The Morgan fingerprint density at radius 2 is 1.85 bits per heavy atom. The summed E-state index contributed by atoms with van der Waals surface area (Å²) in [6, 6.07) is 8.24. The third-order valence-electron chi connectivity index (χ3n) is 6.56. The first-order valence-electron chi connectivity index (χ1n) is 11.1. The number of carbonyl (C=O) groups excluding carboxylic acids is 2. The summed E-state index contributed by atoms with van der Waals surface area (Å²) in [5.74, 6) is -0.779. The number of aromatic nitrogens is 3. The zero-order chi connectivity index (χ0) is 23.9. The van der Waals surface area contributed by atoms with E-state index >= 15 is 0 Å². The van der Waals surface area contributed by atoms with Crippen molar-refractivity contribution in [2.24, 2.45) is 0 Å². The van der Waals surface area contributed by atoms with Crippen LogP contribution in [0.25, 0.3) is 0 Å². The van der Waals surface area contributed by atoms with E-state index in [0.29, 0.717) is 32.5 Å². The van der Waals surface area contributed by atoms with Crippen LogP contribution >= 0.6 is 0 Å². The van der Waals surface area contributed by atoms with Crippen molar-refractivity contribution in [3.63, 3.8) is 0 Å². The van der Waals surface area contributed by atoms with Crippen LogP contribution in [0, 0.1) is 18.6 Å². The normalized spacial score (nSPS) is 17.1. The van der Waals surface area contributed by atoms with Crippen LogP contribution in [0.3, 0.4) is 0 Å². The Morgan fingerprint density at radius 1 is 1.12 bits per heavy atom. The molecule has 1 fully saturated rings. The van der Waals surface area contributed by atoms with E-state index in [1.165, 1.54) is 6.07 Å². The van der Waals surface area contributed by atoms with E-state index in [-0.39, 0.29) is 18.0 Å². The van der Waals surface area contributed by atoms with Gasteiger partial charge < -0.3 is 10.2 Å². The maximum Gasteiger partial charge on any atom is 0.321 e. The van der Waals surface area contributed by atoms with Crippen molar-refractivity contribution in [1.29, 1.82) is 0 Å². The van der Waals surface area contributed by atoms with Gasteiger partial charge in [-0.1, -0.05) is 0 Å². The molecule has 3 aromatic rings. The summed E-state index contributed by atoms with van der Waals surface area (Å²) in [7, 11) is 0. The number of rotatable bonds is 3. The zero-order valence-corrected chi connectivity index (χ0v) is 18.7. The van der Waals surface area contributed by atoms with Gasteiger partial charge in [-0.25, -0.2) is 18.3 Å². The summed E-state index contributed by atoms with van der Waals surface area (Å²) in [5, 5.41) is 7.23. The van der Waals surface area contributed by atoms with Crippen molar-refractivity contribution in [2.75, 3.05) is 23.3 Å². The van der Waals surface area contributed by atoms with Crippen LogP contribution < -0.4 is 10.2 Å². The molecule has 0 unspecified atom stereocenters. The second-order valence-electron chi connectivity index (χ2n) is 8.83. The summed E-state index contributed by atoms with van der Waals surface area (Å²) in [5.41, 5.74) is 1.20. The number of fused-ring (bicyclic) bond motifs is 2. The van der Waals surface area contributed by atoms with Gasteiger partial charge in [0.05, 0.1) is 29.9 Å². The summed E-state index contributed by atoms with van der Waals surface area (Å²) in [6.45, 7) is 3.09. The predicted molar refractivity (Wildman–Crippen MR) is 121 cm³/mol. The second kappa shape index (κ2) is 8.51. The van der Waals surface area contributed by atoms with Gasteiger partial charge in [0.1, 0.15) is 17.5 Å². The summed E-state index contributed by atoms with van der Waals surface area (Å²) >= 11 is 0. The maximum atomic E-state index is 13.9. The number of benzene rings is 1. The predicted octanol–water partition coefficient (Wildman–Crippen LogP) is 3.82. The highest BCUT2D eigenvalue weighted by Gasteiger charge is 2.46. The SMILES string of the molecule is Cc1cc2n(n1)C1(CCN(C(=O)Nc3ccc(F)cc3F)CC1)CC(=O)N2Cc1ccncc1. The van der Waals surface area contributed by atoms with Gasteiger partial charge in [-0.2, -0.15) is 5.10 Å². The minimum atomic E-state index is -0.828. The molecule has 4 heterocycles. The first-order valence-corrected chi connectivity index (χ1v) is 11.1. The number of urea groups is 1. The molecule has 0 saturated carbocycles. The molecule has 0 atom stereocenters. The zero-order valence-electron chi connectivity index (χ0n) is 18.7. The van der Waals surface area contributed by atoms with Crippen molar-refractivity contribution in [3.05, 3.63) is 71.7 Å². The third-order valence-corrected chi connectivity index (χ3v) is 6.56. The molecule has 34 heavy (non-hydrogen) atoms. The molecule has 1 saturated heterocycles. The molecule has 10 heteroatoms. The van der Waals surface area contributed by atoms with Gasteiger partial charge in [0.15, 0.2) is 0 Å². The molecule has 5 rings (SSSR count). The highest BCUT2D eigenvalue weighted by atomic mass is 19.1. The molecule has 176 valence electrons. The van der Waals surface area contributed by atoms with Gasteiger partial charge in [0.2, 0.25) is 5.91 Å². The lowest BCUT2D eigenvalue weighted by Gasteiger charge is -2.46. The molecule has 1 spiro atoms. The van der Waals surface area contributed by atoms with E-state index in [2.05, 4.69) is 10.3 Å². The highest BCUT2D eigenvalue weighted by molar-refractivity contribution is 5.95. The average molecular weight is 466 g/mol. The molecule has 2 aliphatic rings. The number of amides is 3. The molecular weight excluding hydrogens is 442 g/mol. The Balaban J connectivity index is 1.33. The van der Waals surface area contributed by atoms with Crippen LogP contribution in [-0.4, -0.2) is 44.7 Å². The number of hydrogen-bond donors (Lipinski definition) is 1. The smallest absolute Gasteiger partial charge is 0.321 e. The molecule has 0 bridgehead atoms. The van der Waals surface area contributed by atoms with E-state index in [9.17, 15) is 18.4 Å². The molecule has 0 radical (unpaired) electrons. The van der Waals surface area contributed by atoms with Crippen LogP contribution in [0.2, 0.25) is 0 Å². The standard InChI is InChI=1S/C24H24F2N6O2/c1-16-12-21-31(15-17-4-8-27-9-5-17)22(33)14-24(32(21)29-16)6-10-30(11-7-24)23(34)28-20-3-2-18(25)13-19(20)26/h2-5,8-9,12-13H,6-7,10-11,14-15H2,1H3,(H,28,34).